The number of nitrogens with zero attached hydrogens (tertiary/aromatic N) is 7. The predicted molar refractivity (Wildman–Crippen MR) is 191 cm³/mol. The number of fused-ring (bicyclic) bond motifs is 20. The molecule has 5 heterocycles. The largest absolute Gasteiger partial charge is 0.397 e. The quantitative estimate of drug-likeness (QED) is 0.0855. The molecule has 0 amide bonds. The van der Waals surface area contributed by atoms with Crippen LogP contribution < -0.4 is 46.0 Å². The first-order valence-corrected chi connectivity index (χ1v) is 14.6. The Morgan fingerprint density at radius 1 is 0.479 bits per heavy atom. The predicted octanol–water partition coefficient (Wildman–Crippen LogP) is 3.13. The Bertz CT molecular complexity index is 2780. The monoisotopic (exact) mass is 634 g/mol. The van der Waals surface area contributed by atoms with E-state index >= 15 is 0 Å². The van der Waals surface area contributed by atoms with E-state index in [0.29, 0.717) is 44.8 Å². The molecule has 234 valence electrons. The fourth-order valence-electron chi connectivity index (χ4n) is 6.40. The minimum atomic E-state index is 0.101. The molecule has 2 aliphatic rings. The summed E-state index contributed by atoms with van der Waals surface area (Å²) in [5.74, 6) is 7.93. The van der Waals surface area contributed by atoms with Gasteiger partial charge in [-0.1, -0.05) is 48.5 Å². The van der Waals surface area contributed by atoms with Crippen molar-refractivity contribution < 1.29 is 0 Å². The molecule has 0 saturated heterocycles. The number of H-pyrrole nitrogens is 1. The highest BCUT2D eigenvalue weighted by Crippen LogP contribution is 2.46. The van der Waals surface area contributed by atoms with E-state index in [1.807, 2.05) is 48.5 Å². The van der Waals surface area contributed by atoms with Gasteiger partial charge >= 0.3 is 0 Å². The van der Waals surface area contributed by atoms with Crippen LogP contribution in [0.25, 0.3) is 89.7 Å². The van der Waals surface area contributed by atoms with Crippen molar-refractivity contribution >= 4 is 83.9 Å². The molecule has 4 aromatic carbocycles. The SMILES string of the molecule is Nc1cc2c(c(N)c1N)-c1nc-2nc2c3ccccc3c(nc3nc(nc4[nH]c(n1)c1c(N)c(N)c(N)c(N)c41)-c1ccccc1-3)n2N. The van der Waals surface area contributed by atoms with Crippen molar-refractivity contribution in [2.75, 3.05) is 46.0 Å². The third-order valence-corrected chi connectivity index (χ3v) is 8.83. The lowest BCUT2D eigenvalue weighted by Crippen LogP contribution is -2.09. The van der Waals surface area contributed by atoms with E-state index in [-0.39, 0.29) is 62.8 Å². The van der Waals surface area contributed by atoms with E-state index in [4.69, 9.17) is 75.9 Å². The van der Waals surface area contributed by atoms with Crippen molar-refractivity contribution in [3.8, 4) is 45.6 Å². The zero-order chi connectivity index (χ0) is 33.2. The molecule has 9 rings (SSSR count). The minimum Gasteiger partial charge on any atom is -0.397 e. The average molecular weight is 635 g/mol. The summed E-state index contributed by atoms with van der Waals surface area (Å²) in [7, 11) is 0. The van der Waals surface area contributed by atoms with Gasteiger partial charge in [-0.05, 0) is 6.07 Å². The van der Waals surface area contributed by atoms with Crippen molar-refractivity contribution in [2.24, 2.45) is 0 Å². The molecule has 16 nitrogen and oxygen atoms in total. The van der Waals surface area contributed by atoms with Gasteiger partial charge in [-0.15, -0.1) is 0 Å². The summed E-state index contributed by atoms with van der Waals surface area (Å²) in [4.78, 5) is 32.7. The highest BCUT2D eigenvalue weighted by atomic mass is 15.3. The van der Waals surface area contributed by atoms with E-state index in [1.165, 1.54) is 4.68 Å². The van der Waals surface area contributed by atoms with Gasteiger partial charge in [0.2, 0.25) is 0 Å². The van der Waals surface area contributed by atoms with E-state index < -0.39 is 0 Å². The van der Waals surface area contributed by atoms with Gasteiger partial charge in [0.25, 0.3) is 0 Å². The number of hydrogen-bond acceptors (Lipinski definition) is 14. The van der Waals surface area contributed by atoms with Crippen molar-refractivity contribution in [1.82, 2.24) is 39.6 Å². The van der Waals surface area contributed by atoms with Crippen LogP contribution in [0.2, 0.25) is 0 Å². The Balaban J connectivity index is 1.57. The van der Waals surface area contributed by atoms with Crippen molar-refractivity contribution in [1.29, 1.82) is 0 Å². The van der Waals surface area contributed by atoms with E-state index in [0.717, 1.165) is 21.9 Å². The molecule has 0 spiro atoms. The average Bonchev–Trinajstić information content (AvgIpc) is 3.79. The van der Waals surface area contributed by atoms with Crippen molar-refractivity contribution in [2.45, 2.75) is 0 Å². The van der Waals surface area contributed by atoms with Gasteiger partial charge in [-0.3, -0.25) is 0 Å². The van der Waals surface area contributed by atoms with Gasteiger partial charge in [-0.25, -0.2) is 34.6 Å². The van der Waals surface area contributed by atoms with Crippen molar-refractivity contribution in [3.63, 3.8) is 0 Å². The smallest absolute Gasteiger partial charge is 0.166 e. The first-order chi connectivity index (χ1) is 23.1. The molecule has 8 bridgehead atoms. The van der Waals surface area contributed by atoms with Gasteiger partial charge < -0.3 is 51.0 Å². The topological polar surface area (TPSA) is 306 Å². The third kappa shape index (κ3) is 3.41. The van der Waals surface area contributed by atoms with Gasteiger partial charge in [-0.2, -0.15) is 0 Å². The Kier molecular flexibility index (Phi) is 5.12. The molecular formula is C32H26N16. The van der Waals surface area contributed by atoms with Crippen molar-refractivity contribution in [3.05, 3.63) is 54.6 Å². The van der Waals surface area contributed by atoms with Gasteiger partial charge in [0, 0.05) is 27.5 Å². The van der Waals surface area contributed by atoms with E-state index in [2.05, 4.69) is 4.98 Å². The Labute approximate surface area is 269 Å². The molecule has 0 unspecified atom stereocenters. The highest BCUT2D eigenvalue weighted by Gasteiger charge is 2.27. The number of nitrogen functional groups attached to an aromatic ring is 8. The van der Waals surface area contributed by atoms with Gasteiger partial charge in [0.15, 0.2) is 34.6 Å². The van der Waals surface area contributed by atoms with Gasteiger partial charge in [0.1, 0.15) is 11.3 Å². The fourth-order valence-corrected chi connectivity index (χ4v) is 6.40. The second kappa shape index (κ2) is 9.10. The molecule has 16 heteroatoms. The standard InChI is InChI=1S/C32H26N16/c33-15-9-14-16(20(35)19(15)34)28-43-27(14)47-32-13-8-4-3-7-12(13)31(48(32)40)46-26-11-6-2-1-5-10(11)25(41-26)42-29-17-18(30(44-28)45-29)22(37)24(39)23(38)21(17)36/h1-9H,33-40H2,(H,41,42,43,44,45,46,47). The summed E-state index contributed by atoms with van der Waals surface area (Å²) in [5.41, 5.74) is 49.8. The summed E-state index contributed by atoms with van der Waals surface area (Å²) < 4.78 is 1.40. The molecule has 7 aromatic rings. The molecule has 0 radical (unpaired) electrons. The van der Waals surface area contributed by atoms with Crippen LogP contribution in [0.1, 0.15) is 0 Å². The number of nitrogens with one attached hydrogen (secondary N) is 1. The number of anilines is 7. The second-order valence-electron chi connectivity index (χ2n) is 11.5. The van der Waals surface area contributed by atoms with Crippen LogP contribution in [0.15, 0.2) is 54.6 Å². The Morgan fingerprint density at radius 3 is 1.54 bits per heavy atom. The first-order valence-electron chi connectivity index (χ1n) is 14.6. The second-order valence-corrected chi connectivity index (χ2v) is 11.5. The maximum Gasteiger partial charge on any atom is 0.166 e. The Morgan fingerprint density at radius 2 is 0.958 bits per heavy atom. The minimum absolute atomic E-state index is 0.101. The number of rotatable bonds is 0. The number of aromatic nitrogens is 8. The third-order valence-electron chi connectivity index (χ3n) is 8.83. The molecule has 0 atom stereocenters. The summed E-state index contributed by atoms with van der Waals surface area (Å²) in [6, 6.07) is 16.8. The number of aromatic amines is 1. The molecule has 2 aliphatic heterocycles. The van der Waals surface area contributed by atoms with E-state index in [9.17, 15) is 0 Å². The number of nitrogens with two attached hydrogens (primary N) is 8. The normalized spacial score (nSPS) is 12.0. The molecule has 3 aromatic heterocycles. The Hall–Kier alpha value is -7.36. The molecule has 17 N–H and O–H groups in total. The van der Waals surface area contributed by atoms with E-state index in [1.54, 1.807) is 6.07 Å². The molecule has 48 heavy (non-hydrogen) atoms. The zero-order valence-corrected chi connectivity index (χ0v) is 24.9. The molecular weight excluding hydrogens is 608 g/mol. The summed E-state index contributed by atoms with van der Waals surface area (Å²) in [6.07, 6.45) is 0. The number of hydrogen-bond donors (Lipinski definition) is 9. The summed E-state index contributed by atoms with van der Waals surface area (Å²) in [6.45, 7) is 0. The van der Waals surface area contributed by atoms with Gasteiger partial charge in [0.05, 0.1) is 56.1 Å². The summed E-state index contributed by atoms with van der Waals surface area (Å²) in [5, 5.41) is 2.25. The van der Waals surface area contributed by atoms with Crippen LogP contribution in [0.3, 0.4) is 0 Å². The highest BCUT2D eigenvalue weighted by molar-refractivity contribution is 6.22. The van der Waals surface area contributed by atoms with Crippen LogP contribution in [0.5, 0.6) is 0 Å². The van der Waals surface area contributed by atoms with Crippen LogP contribution >= 0.6 is 0 Å². The van der Waals surface area contributed by atoms with Crippen LogP contribution in [-0.2, 0) is 0 Å². The van der Waals surface area contributed by atoms with Crippen LogP contribution in [0.4, 0.5) is 39.8 Å². The maximum absolute atomic E-state index is 6.76. The lowest BCUT2D eigenvalue weighted by atomic mass is 10.0. The first kappa shape index (κ1) is 27.0. The lowest BCUT2D eigenvalue weighted by molar-refractivity contribution is 1.05. The lowest BCUT2D eigenvalue weighted by Gasteiger charge is -2.10. The zero-order valence-electron chi connectivity index (χ0n) is 24.9. The van der Waals surface area contributed by atoms with Crippen LogP contribution in [0, 0.1) is 0 Å². The maximum atomic E-state index is 6.76. The molecule has 0 aliphatic carbocycles. The summed E-state index contributed by atoms with van der Waals surface area (Å²) >= 11 is 0. The molecule has 0 fully saturated rings. The number of benzene rings is 4. The molecule has 0 saturated carbocycles. The van der Waals surface area contributed by atoms with Crippen LogP contribution in [-0.4, -0.2) is 39.6 Å². The fraction of sp³-hybridized carbons (Fsp3) is 0.